The van der Waals surface area contributed by atoms with Crippen LogP contribution >= 0.6 is 0 Å². The highest BCUT2D eigenvalue weighted by molar-refractivity contribution is 5.77. The summed E-state index contributed by atoms with van der Waals surface area (Å²) in [5.74, 6) is -2.39. The van der Waals surface area contributed by atoms with Crippen molar-refractivity contribution >= 4 is 16.9 Å². The van der Waals surface area contributed by atoms with Gasteiger partial charge in [-0.1, -0.05) is 6.07 Å². The lowest BCUT2D eigenvalue weighted by atomic mass is 10.1. The number of rotatable bonds is 4. The van der Waals surface area contributed by atoms with Gasteiger partial charge in [0.2, 0.25) is 5.91 Å². The Morgan fingerprint density at radius 3 is 2.80 bits per heavy atom. The van der Waals surface area contributed by atoms with E-state index in [0.717, 1.165) is 16.7 Å². The van der Waals surface area contributed by atoms with E-state index in [2.05, 4.69) is 15.4 Å². The van der Waals surface area contributed by atoms with Crippen LogP contribution in [-0.2, 0) is 18.4 Å². The summed E-state index contributed by atoms with van der Waals surface area (Å²) in [5.41, 5.74) is 0.464. The molecule has 1 atom stereocenters. The molecule has 0 radical (unpaired) electrons. The summed E-state index contributed by atoms with van der Waals surface area (Å²) in [5, 5.41) is 6.90. The van der Waals surface area contributed by atoms with Crippen molar-refractivity contribution in [1.82, 2.24) is 24.6 Å². The molecule has 2 heterocycles. The SMILES string of the molecule is CC(NC(=O)Cn1cnc2c(cnn2C)c1=O)c1ccc(F)c(F)c1. The molecule has 0 aliphatic carbocycles. The van der Waals surface area contributed by atoms with E-state index in [1.807, 2.05) is 0 Å². The molecule has 130 valence electrons. The smallest absolute Gasteiger partial charge is 0.264 e. The minimum Gasteiger partial charge on any atom is -0.348 e. The van der Waals surface area contributed by atoms with Crippen molar-refractivity contribution in [3.8, 4) is 0 Å². The monoisotopic (exact) mass is 347 g/mol. The van der Waals surface area contributed by atoms with Crippen molar-refractivity contribution < 1.29 is 13.6 Å². The van der Waals surface area contributed by atoms with Gasteiger partial charge in [-0.25, -0.2) is 13.8 Å². The Morgan fingerprint density at radius 1 is 1.32 bits per heavy atom. The second kappa shape index (κ2) is 6.42. The molecule has 3 aromatic rings. The van der Waals surface area contributed by atoms with Gasteiger partial charge in [0, 0.05) is 7.05 Å². The standard InChI is InChI=1S/C16H15F2N5O2/c1-9(10-3-4-12(17)13(18)5-10)21-14(24)7-23-8-19-15-11(16(23)25)6-20-22(15)2/h3-6,8-9H,7H2,1-2H3,(H,21,24). The van der Waals surface area contributed by atoms with Crippen LogP contribution in [-0.4, -0.2) is 25.2 Å². The first kappa shape index (κ1) is 16.7. The Hall–Kier alpha value is -3.10. The second-order valence-corrected chi connectivity index (χ2v) is 5.65. The van der Waals surface area contributed by atoms with Crippen LogP contribution in [0.3, 0.4) is 0 Å². The number of amides is 1. The van der Waals surface area contributed by atoms with Crippen LogP contribution in [0.15, 0.2) is 35.5 Å². The Labute approximate surface area is 140 Å². The summed E-state index contributed by atoms with van der Waals surface area (Å²) in [6, 6.07) is 2.86. The lowest BCUT2D eigenvalue weighted by molar-refractivity contribution is -0.122. The molecule has 0 aliphatic rings. The number of fused-ring (bicyclic) bond motifs is 1. The van der Waals surface area contributed by atoms with Crippen LogP contribution in [0.5, 0.6) is 0 Å². The first-order chi connectivity index (χ1) is 11.9. The highest BCUT2D eigenvalue weighted by Gasteiger charge is 2.14. The quantitative estimate of drug-likeness (QED) is 0.771. The average molecular weight is 347 g/mol. The van der Waals surface area contributed by atoms with Crippen molar-refractivity contribution in [3.05, 3.63) is 58.3 Å². The van der Waals surface area contributed by atoms with Gasteiger partial charge < -0.3 is 5.32 Å². The lowest BCUT2D eigenvalue weighted by Gasteiger charge is -2.15. The topological polar surface area (TPSA) is 81.8 Å². The highest BCUT2D eigenvalue weighted by Crippen LogP contribution is 2.15. The number of aryl methyl sites for hydroxylation is 1. The van der Waals surface area contributed by atoms with Crippen LogP contribution in [0, 0.1) is 11.6 Å². The summed E-state index contributed by atoms with van der Waals surface area (Å²) in [7, 11) is 1.66. The Kier molecular flexibility index (Phi) is 4.30. The van der Waals surface area contributed by atoms with E-state index in [9.17, 15) is 18.4 Å². The Morgan fingerprint density at radius 2 is 2.08 bits per heavy atom. The zero-order chi connectivity index (χ0) is 18.1. The summed E-state index contributed by atoms with van der Waals surface area (Å²) in [6.07, 6.45) is 2.66. The van der Waals surface area contributed by atoms with Crippen LogP contribution in [0.4, 0.5) is 8.78 Å². The zero-order valence-electron chi connectivity index (χ0n) is 13.5. The molecule has 0 spiro atoms. The number of carbonyl (C=O) groups is 1. The lowest BCUT2D eigenvalue weighted by Crippen LogP contribution is -2.34. The molecule has 0 aliphatic heterocycles. The van der Waals surface area contributed by atoms with E-state index < -0.39 is 23.6 Å². The van der Waals surface area contributed by atoms with Crippen LogP contribution < -0.4 is 10.9 Å². The maximum Gasteiger partial charge on any atom is 0.264 e. The number of hydrogen-bond donors (Lipinski definition) is 1. The van der Waals surface area contributed by atoms with Crippen molar-refractivity contribution in [3.63, 3.8) is 0 Å². The first-order valence-corrected chi connectivity index (χ1v) is 7.48. The number of carbonyl (C=O) groups excluding carboxylic acids is 1. The van der Waals surface area contributed by atoms with Gasteiger partial charge in [-0.15, -0.1) is 0 Å². The van der Waals surface area contributed by atoms with Crippen LogP contribution in [0.25, 0.3) is 11.0 Å². The van der Waals surface area contributed by atoms with Crippen molar-refractivity contribution in [2.45, 2.75) is 19.5 Å². The molecule has 1 unspecified atom stereocenters. The van der Waals surface area contributed by atoms with Gasteiger partial charge in [0.15, 0.2) is 17.3 Å². The fourth-order valence-corrected chi connectivity index (χ4v) is 2.49. The molecule has 0 bridgehead atoms. The van der Waals surface area contributed by atoms with E-state index >= 15 is 0 Å². The van der Waals surface area contributed by atoms with Crippen LogP contribution in [0.1, 0.15) is 18.5 Å². The zero-order valence-corrected chi connectivity index (χ0v) is 13.5. The number of nitrogens with zero attached hydrogens (tertiary/aromatic N) is 4. The fourth-order valence-electron chi connectivity index (χ4n) is 2.49. The molecule has 1 aromatic carbocycles. The summed E-state index contributed by atoms with van der Waals surface area (Å²) in [6.45, 7) is 1.39. The van der Waals surface area contributed by atoms with Crippen LogP contribution in [0.2, 0.25) is 0 Å². The summed E-state index contributed by atoms with van der Waals surface area (Å²) in [4.78, 5) is 28.6. The van der Waals surface area contributed by atoms with Gasteiger partial charge >= 0.3 is 0 Å². The third-order valence-electron chi connectivity index (χ3n) is 3.85. The average Bonchev–Trinajstić information content (AvgIpc) is 2.94. The molecule has 3 rings (SSSR count). The van der Waals surface area contributed by atoms with E-state index in [1.165, 1.54) is 23.3 Å². The van der Waals surface area contributed by atoms with E-state index in [4.69, 9.17) is 0 Å². The number of benzene rings is 1. The number of halogens is 2. The molecule has 25 heavy (non-hydrogen) atoms. The number of aromatic nitrogens is 4. The molecule has 1 amide bonds. The Balaban J connectivity index is 1.75. The number of hydrogen-bond acceptors (Lipinski definition) is 4. The van der Waals surface area contributed by atoms with Crippen molar-refractivity contribution in [2.75, 3.05) is 0 Å². The molecule has 0 saturated carbocycles. The molecule has 2 aromatic heterocycles. The molecule has 1 N–H and O–H groups in total. The predicted octanol–water partition coefficient (Wildman–Crippen LogP) is 1.29. The first-order valence-electron chi connectivity index (χ1n) is 7.48. The summed E-state index contributed by atoms with van der Waals surface area (Å²) < 4.78 is 28.9. The molecular formula is C16H15F2N5O2. The minimum atomic E-state index is -0.985. The van der Waals surface area contributed by atoms with Gasteiger partial charge in [0.25, 0.3) is 5.56 Å². The molecule has 7 nitrogen and oxygen atoms in total. The highest BCUT2D eigenvalue weighted by atomic mass is 19.2. The fraction of sp³-hybridized carbons (Fsp3) is 0.250. The molecule has 0 fully saturated rings. The third kappa shape index (κ3) is 3.25. The van der Waals surface area contributed by atoms with E-state index in [0.29, 0.717) is 16.6 Å². The van der Waals surface area contributed by atoms with Gasteiger partial charge in [-0.05, 0) is 24.6 Å². The summed E-state index contributed by atoms with van der Waals surface area (Å²) >= 11 is 0. The maximum absolute atomic E-state index is 13.3. The van der Waals surface area contributed by atoms with E-state index in [-0.39, 0.29) is 12.1 Å². The van der Waals surface area contributed by atoms with Gasteiger partial charge in [0.05, 0.1) is 12.2 Å². The Bertz CT molecular complexity index is 1010. The minimum absolute atomic E-state index is 0.245. The van der Waals surface area contributed by atoms with Gasteiger partial charge in [0.1, 0.15) is 18.3 Å². The molecular weight excluding hydrogens is 332 g/mol. The van der Waals surface area contributed by atoms with Gasteiger partial charge in [-0.2, -0.15) is 5.10 Å². The van der Waals surface area contributed by atoms with Crippen molar-refractivity contribution in [2.24, 2.45) is 7.05 Å². The normalized spacial score (nSPS) is 12.3. The predicted molar refractivity (Wildman–Crippen MR) is 85.7 cm³/mol. The largest absolute Gasteiger partial charge is 0.348 e. The molecule has 9 heteroatoms. The van der Waals surface area contributed by atoms with Gasteiger partial charge in [-0.3, -0.25) is 18.8 Å². The maximum atomic E-state index is 13.3. The third-order valence-corrected chi connectivity index (χ3v) is 3.85. The van der Waals surface area contributed by atoms with E-state index in [1.54, 1.807) is 14.0 Å². The molecule has 0 saturated heterocycles. The number of nitrogens with one attached hydrogen (secondary N) is 1. The van der Waals surface area contributed by atoms with Crippen molar-refractivity contribution in [1.29, 1.82) is 0 Å². The second-order valence-electron chi connectivity index (χ2n) is 5.65.